The summed E-state index contributed by atoms with van der Waals surface area (Å²) in [7, 11) is 1.91. The van der Waals surface area contributed by atoms with Crippen LogP contribution in [0.1, 0.15) is 11.7 Å². The van der Waals surface area contributed by atoms with Crippen molar-refractivity contribution in [1.29, 1.82) is 0 Å². The minimum atomic E-state index is 0.0138. The van der Waals surface area contributed by atoms with Crippen LogP contribution < -0.4 is 16.0 Å². The Morgan fingerprint density at radius 1 is 1.28 bits per heavy atom. The standard InChI is InChI=1S/C13H14N4O/c1-15-12-11-6-7-18-13(11)16-8-17(12)10-4-2-9(14)3-5-10/h2-8,12,15H,14H2,1H3. The van der Waals surface area contributed by atoms with E-state index in [9.17, 15) is 0 Å². The molecule has 1 atom stereocenters. The summed E-state index contributed by atoms with van der Waals surface area (Å²) in [6, 6.07) is 9.62. The molecule has 2 heterocycles. The number of nitrogens with zero attached hydrogens (tertiary/aromatic N) is 2. The molecule has 2 aromatic rings. The summed E-state index contributed by atoms with van der Waals surface area (Å²) in [5, 5.41) is 3.25. The van der Waals surface area contributed by atoms with Gasteiger partial charge >= 0.3 is 0 Å². The Bertz CT molecular complexity index is 573. The van der Waals surface area contributed by atoms with E-state index in [2.05, 4.69) is 10.3 Å². The highest BCUT2D eigenvalue weighted by Crippen LogP contribution is 2.34. The number of benzene rings is 1. The van der Waals surface area contributed by atoms with Crippen molar-refractivity contribution in [1.82, 2.24) is 5.32 Å². The number of nitrogens with one attached hydrogen (secondary N) is 1. The molecule has 0 spiro atoms. The second kappa shape index (κ2) is 4.19. The second-order valence-electron chi connectivity index (χ2n) is 4.12. The number of fused-ring (bicyclic) bond motifs is 1. The molecule has 18 heavy (non-hydrogen) atoms. The molecular weight excluding hydrogens is 228 g/mol. The Kier molecular flexibility index (Phi) is 2.53. The Balaban J connectivity index is 2.00. The fraction of sp³-hybridized carbons (Fsp3) is 0.154. The molecule has 0 radical (unpaired) electrons. The number of furan rings is 1. The van der Waals surface area contributed by atoms with E-state index in [4.69, 9.17) is 10.2 Å². The molecule has 3 rings (SSSR count). The molecule has 1 aromatic carbocycles. The molecule has 0 saturated heterocycles. The summed E-state index contributed by atoms with van der Waals surface area (Å²) < 4.78 is 5.31. The van der Waals surface area contributed by atoms with E-state index in [0.717, 1.165) is 16.9 Å². The van der Waals surface area contributed by atoms with Crippen LogP contribution in [0.15, 0.2) is 46.0 Å². The van der Waals surface area contributed by atoms with Gasteiger partial charge < -0.3 is 15.1 Å². The van der Waals surface area contributed by atoms with Crippen LogP contribution in [-0.4, -0.2) is 13.4 Å². The SMILES string of the molecule is CNC1c2ccoc2N=CN1c1ccc(N)cc1. The normalized spacial score (nSPS) is 17.8. The maximum atomic E-state index is 5.70. The lowest BCUT2D eigenvalue weighted by Gasteiger charge is -2.31. The maximum Gasteiger partial charge on any atom is 0.226 e. The summed E-state index contributed by atoms with van der Waals surface area (Å²) >= 11 is 0. The number of hydrogen-bond donors (Lipinski definition) is 2. The molecule has 1 aliphatic heterocycles. The predicted octanol–water partition coefficient (Wildman–Crippen LogP) is 2.26. The zero-order valence-corrected chi connectivity index (χ0v) is 10.00. The second-order valence-corrected chi connectivity index (χ2v) is 4.12. The van der Waals surface area contributed by atoms with Gasteiger partial charge in [-0.1, -0.05) is 0 Å². The van der Waals surface area contributed by atoms with Gasteiger partial charge in [-0.15, -0.1) is 0 Å². The summed E-state index contributed by atoms with van der Waals surface area (Å²) in [6.07, 6.45) is 3.43. The van der Waals surface area contributed by atoms with Gasteiger partial charge in [0.2, 0.25) is 5.88 Å². The van der Waals surface area contributed by atoms with Gasteiger partial charge in [0.25, 0.3) is 0 Å². The van der Waals surface area contributed by atoms with Crippen molar-refractivity contribution < 1.29 is 4.42 Å². The third-order valence-electron chi connectivity index (χ3n) is 3.01. The summed E-state index contributed by atoms with van der Waals surface area (Å²) in [5.41, 5.74) is 8.50. The number of rotatable bonds is 2. The lowest BCUT2D eigenvalue weighted by Crippen LogP contribution is -2.37. The summed E-state index contributed by atoms with van der Waals surface area (Å²) in [4.78, 5) is 6.33. The van der Waals surface area contributed by atoms with Crippen LogP contribution >= 0.6 is 0 Å². The molecule has 5 heteroatoms. The van der Waals surface area contributed by atoms with Gasteiger partial charge in [0, 0.05) is 11.4 Å². The first-order valence-electron chi connectivity index (χ1n) is 5.72. The molecule has 0 bridgehead atoms. The van der Waals surface area contributed by atoms with Crippen molar-refractivity contribution in [3.05, 3.63) is 42.2 Å². The summed E-state index contributed by atoms with van der Waals surface area (Å²) in [6.45, 7) is 0. The van der Waals surface area contributed by atoms with E-state index in [1.54, 1.807) is 12.6 Å². The number of nitrogens with two attached hydrogens (primary N) is 1. The van der Waals surface area contributed by atoms with Crippen LogP contribution in [0.2, 0.25) is 0 Å². The van der Waals surface area contributed by atoms with Gasteiger partial charge in [-0.3, -0.25) is 5.32 Å². The van der Waals surface area contributed by atoms with Gasteiger partial charge in [0.05, 0.1) is 11.8 Å². The molecule has 92 valence electrons. The van der Waals surface area contributed by atoms with Crippen LogP contribution in [0.5, 0.6) is 0 Å². The first-order chi connectivity index (χ1) is 8.79. The van der Waals surface area contributed by atoms with Crippen LogP contribution in [0.3, 0.4) is 0 Å². The average Bonchev–Trinajstić information content (AvgIpc) is 2.87. The Labute approximate surface area is 105 Å². The highest BCUT2D eigenvalue weighted by molar-refractivity contribution is 5.84. The topological polar surface area (TPSA) is 66.8 Å². The molecule has 0 saturated carbocycles. The van der Waals surface area contributed by atoms with Gasteiger partial charge in [0.15, 0.2) is 0 Å². The van der Waals surface area contributed by atoms with Crippen molar-refractivity contribution in [2.45, 2.75) is 6.17 Å². The van der Waals surface area contributed by atoms with Crippen molar-refractivity contribution in [2.75, 3.05) is 17.7 Å². The third-order valence-corrected chi connectivity index (χ3v) is 3.01. The lowest BCUT2D eigenvalue weighted by molar-refractivity contribution is 0.551. The number of nitrogen functional groups attached to an aromatic ring is 1. The monoisotopic (exact) mass is 242 g/mol. The van der Waals surface area contributed by atoms with Crippen LogP contribution in [0.4, 0.5) is 17.3 Å². The lowest BCUT2D eigenvalue weighted by atomic mass is 10.1. The molecule has 1 unspecified atom stereocenters. The average molecular weight is 242 g/mol. The van der Waals surface area contributed by atoms with E-state index in [0.29, 0.717) is 5.88 Å². The predicted molar refractivity (Wildman–Crippen MR) is 72.0 cm³/mol. The van der Waals surface area contributed by atoms with Crippen molar-refractivity contribution in [3.63, 3.8) is 0 Å². The van der Waals surface area contributed by atoms with Crippen molar-refractivity contribution in [2.24, 2.45) is 4.99 Å². The van der Waals surface area contributed by atoms with Gasteiger partial charge in [-0.05, 0) is 37.4 Å². The summed E-state index contributed by atoms with van der Waals surface area (Å²) in [5.74, 6) is 0.654. The van der Waals surface area contributed by atoms with E-state index >= 15 is 0 Å². The largest absolute Gasteiger partial charge is 0.446 e. The number of hydrogen-bond acceptors (Lipinski definition) is 5. The molecule has 3 N–H and O–H groups in total. The van der Waals surface area contributed by atoms with Crippen molar-refractivity contribution in [3.8, 4) is 0 Å². The molecule has 1 aliphatic rings. The Morgan fingerprint density at radius 3 is 2.78 bits per heavy atom. The Hall–Kier alpha value is -2.27. The molecule has 0 amide bonds. The van der Waals surface area contributed by atoms with E-state index in [-0.39, 0.29) is 6.17 Å². The quantitative estimate of drug-likeness (QED) is 0.793. The van der Waals surface area contributed by atoms with Gasteiger partial charge in [-0.2, -0.15) is 0 Å². The fourth-order valence-electron chi connectivity index (χ4n) is 2.11. The molecule has 0 aliphatic carbocycles. The van der Waals surface area contributed by atoms with E-state index < -0.39 is 0 Å². The van der Waals surface area contributed by atoms with Crippen LogP contribution in [-0.2, 0) is 0 Å². The van der Waals surface area contributed by atoms with Gasteiger partial charge in [-0.25, -0.2) is 4.99 Å². The first kappa shape index (κ1) is 10.9. The molecule has 1 aromatic heterocycles. The third kappa shape index (κ3) is 1.65. The Morgan fingerprint density at radius 2 is 2.06 bits per heavy atom. The first-order valence-corrected chi connectivity index (χ1v) is 5.72. The number of anilines is 2. The van der Waals surface area contributed by atoms with E-state index in [1.165, 1.54) is 0 Å². The minimum Gasteiger partial charge on any atom is -0.446 e. The fourth-order valence-corrected chi connectivity index (χ4v) is 2.11. The zero-order chi connectivity index (χ0) is 12.5. The molecule has 0 fully saturated rings. The molecular formula is C13H14N4O. The van der Waals surface area contributed by atoms with Crippen molar-refractivity contribution >= 4 is 23.6 Å². The number of aliphatic imine (C=N–C) groups is 1. The van der Waals surface area contributed by atoms with E-state index in [1.807, 2.05) is 42.3 Å². The van der Waals surface area contributed by atoms with Crippen LogP contribution in [0.25, 0.3) is 0 Å². The highest BCUT2D eigenvalue weighted by atomic mass is 16.3. The maximum absolute atomic E-state index is 5.70. The van der Waals surface area contributed by atoms with Crippen LogP contribution in [0, 0.1) is 0 Å². The van der Waals surface area contributed by atoms with Gasteiger partial charge in [0.1, 0.15) is 12.5 Å². The molecule has 5 nitrogen and oxygen atoms in total. The highest BCUT2D eigenvalue weighted by Gasteiger charge is 2.26. The minimum absolute atomic E-state index is 0.0138. The zero-order valence-electron chi connectivity index (χ0n) is 10.00. The smallest absolute Gasteiger partial charge is 0.226 e.